The topological polar surface area (TPSA) is 44.4 Å². The van der Waals surface area contributed by atoms with Gasteiger partial charge >= 0.3 is 6.03 Å². The Balaban J connectivity index is 1.80. The molecule has 0 aromatic rings. The molecule has 4 heteroatoms. The maximum atomic E-state index is 11.6. The number of rotatable bonds is 2. The zero-order chi connectivity index (χ0) is 9.97. The van der Waals surface area contributed by atoms with Crippen molar-refractivity contribution in [2.24, 2.45) is 11.8 Å². The van der Waals surface area contributed by atoms with Crippen LogP contribution in [0, 0.1) is 11.8 Å². The summed E-state index contributed by atoms with van der Waals surface area (Å²) in [5.41, 5.74) is 0. The Morgan fingerprint density at radius 2 is 2.07 bits per heavy atom. The van der Waals surface area contributed by atoms with Gasteiger partial charge in [0.2, 0.25) is 0 Å². The Morgan fingerprint density at radius 3 is 2.64 bits per heavy atom. The van der Waals surface area contributed by atoms with Gasteiger partial charge in [-0.15, -0.1) is 0 Å². The molecule has 14 heavy (non-hydrogen) atoms. The highest BCUT2D eigenvalue weighted by molar-refractivity contribution is 5.74. The number of nitrogens with zero attached hydrogens (tertiary/aromatic N) is 1. The van der Waals surface area contributed by atoms with Crippen molar-refractivity contribution in [2.75, 3.05) is 32.7 Å². The summed E-state index contributed by atoms with van der Waals surface area (Å²) in [5, 5.41) is 6.30. The Morgan fingerprint density at radius 1 is 1.43 bits per heavy atom. The minimum Gasteiger partial charge on any atom is -0.338 e. The van der Waals surface area contributed by atoms with Gasteiger partial charge in [0, 0.05) is 32.7 Å². The highest BCUT2D eigenvalue weighted by Gasteiger charge is 2.37. The Labute approximate surface area is 85.0 Å². The lowest BCUT2D eigenvalue weighted by atomic mass is 10.0. The van der Waals surface area contributed by atoms with Crippen LogP contribution in [-0.4, -0.2) is 43.7 Å². The van der Waals surface area contributed by atoms with Crippen LogP contribution in [0.15, 0.2) is 0 Å². The van der Waals surface area contributed by atoms with E-state index in [0.29, 0.717) is 11.8 Å². The predicted molar refractivity (Wildman–Crippen MR) is 55.1 cm³/mol. The van der Waals surface area contributed by atoms with E-state index in [-0.39, 0.29) is 6.03 Å². The van der Waals surface area contributed by atoms with E-state index in [0.717, 1.165) is 39.1 Å². The van der Waals surface area contributed by atoms with Crippen molar-refractivity contribution in [2.45, 2.75) is 13.3 Å². The molecule has 2 heterocycles. The van der Waals surface area contributed by atoms with Crippen LogP contribution in [0.3, 0.4) is 0 Å². The first-order valence-electron chi connectivity index (χ1n) is 5.54. The van der Waals surface area contributed by atoms with Crippen LogP contribution >= 0.6 is 0 Å². The molecule has 2 unspecified atom stereocenters. The average Bonchev–Trinajstić information content (AvgIpc) is 2.72. The van der Waals surface area contributed by atoms with Crippen LogP contribution in [0.2, 0.25) is 0 Å². The molecule has 2 amide bonds. The Hall–Kier alpha value is -0.770. The van der Waals surface area contributed by atoms with Crippen molar-refractivity contribution in [3.05, 3.63) is 0 Å². The van der Waals surface area contributed by atoms with Gasteiger partial charge in [-0.05, 0) is 18.3 Å². The molecule has 2 fully saturated rings. The van der Waals surface area contributed by atoms with Gasteiger partial charge < -0.3 is 15.5 Å². The lowest BCUT2D eigenvalue weighted by Gasteiger charge is -2.17. The zero-order valence-electron chi connectivity index (χ0n) is 8.75. The van der Waals surface area contributed by atoms with Gasteiger partial charge in [-0.3, -0.25) is 0 Å². The molecule has 80 valence electrons. The van der Waals surface area contributed by atoms with Crippen LogP contribution in [0.5, 0.6) is 0 Å². The lowest BCUT2D eigenvalue weighted by Crippen LogP contribution is -2.40. The molecule has 2 aliphatic rings. The molecule has 0 aromatic heterocycles. The minimum atomic E-state index is 0.126. The molecule has 0 radical (unpaired) electrons. The number of hydrogen-bond donors (Lipinski definition) is 2. The molecule has 2 atom stereocenters. The van der Waals surface area contributed by atoms with Crippen LogP contribution in [0.4, 0.5) is 4.79 Å². The summed E-state index contributed by atoms with van der Waals surface area (Å²) < 4.78 is 0. The van der Waals surface area contributed by atoms with E-state index in [2.05, 4.69) is 17.6 Å². The first-order valence-corrected chi connectivity index (χ1v) is 5.54. The van der Waals surface area contributed by atoms with Crippen molar-refractivity contribution < 1.29 is 4.79 Å². The molecule has 4 nitrogen and oxygen atoms in total. The summed E-state index contributed by atoms with van der Waals surface area (Å²) in [6, 6.07) is 0.126. The second-order valence-corrected chi connectivity index (χ2v) is 4.32. The van der Waals surface area contributed by atoms with E-state index < -0.39 is 0 Å². The third-order valence-corrected chi connectivity index (χ3v) is 3.20. The van der Waals surface area contributed by atoms with E-state index in [1.54, 1.807) is 0 Å². The van der Waals surface area contributed by atoms with E-state index >= 15 is 0 Å². The second-order valence-electron chi connectivity index (χ2n) is 4.32. The Kier molecular flexibility index (Phi) is 2.91. The average molecular weight is 197 g/mol. The van der Waals surface area contributed by atoms with Gasteiger partial charge in [-0.1, -0.05) is 6.92 Å². The largest absolute Gasteiger partial charge is 0.338 e. The number of carbonyl (C=O) groups is 1. The summed E-state index contributed by atoms with van der Waals surface area (Å²) >= 11 is 0. The fraction of sp³-hybridized carbons (Fsp3) is 0.900. The molecule has 0 spiro atoms. The SMILES string of the molecule is CCCNC(=O)N1CC2CNCC2C1. The van der Waals surface area contributed by atoms with Crippen LogP contribution in [0.1, 0.15) is 13.3 Å². The maximum Gasteiger partial charge on any atom is 0.317 e. The number of nitrogens with one attached hydrogen (secondary N) is 2. The quantitative estimate of drug-likeness (QED) is 0.667. The fourth-order valence-corrected chi connectivity index (χ4v) is 2.36. The van der Waals surface area contributed by atoms with Crippen molar-refractivity contribution in [3.63, 3.8) is 0 Å². The van der Waals surface area contributed by atoms with Gasteiger partial charge in [-0.25, -0.2) is 4.79 Å². The number of hydrogen-bond acceptors (Lipinski definition) is 2. The molecular weight excluding hydrogens is 178 g/mol. The second kappa shape index (κ2) is 4.17. The highest BCUT2D eigenvalue weighted by Crippen LogP contribution is 2.25. The summed E-state index contributed by atoms with van der Waals surface area (Å²) in [6.45, 7) is 6.91. The third-order valence-electron chi connectivity index (χ3n) is 3.20. The molecule has 0 saturated carbocycles. The normalized spacial score (nSPS) is 30.5. The van der Waals surface area contributed by atoms with Gasteiger partial charge in [0.05, 0.1) is 0 Å². The fourth-order valence-electron chi connectivity index (χ4n) is 2.36. The van der Waals surface area contributed by atoms with Crippen molar-refractivity contribution >= 4 is 6.03 Å². The molecule has 0 aliphatic carbocycles. The van der Waals surface area contributed by atoms with Crippen LogP contribution < -0.4 is 10.6 Å². The minimum absolute atomic E-state index is 0.126. The van der Waals surface area contributed by atoms with Crippen LogP contribution in [-0.2, 0) is 0 Å². The molecule has 2 saturated heterocycles. The zero-order valence-corrected chi connectivity index (χ0v) is 8.75. The first-order chi connectivity index (χ1) is 6.81. The van der Waals surface area contributed by atoms with Crippen LogP contribution in [0.25, 0.3) is 0 Å². The Bertz CT molecular complexity index is 207. The first kappa shape index (κ1) is 9.77. The molecular formula is C10H19N3O. The predicted octanol–water partition coefficient (Wildman–Crippen LogP) is 0.257. The van der Waals surface area contributed by atoms with Gasteiger partial charge in [0.1, 0.15) is 0 Å². The summed E-state index contributed by atoms with van der Waals surface area (Å²) in [5.74, 6) is 1.39. The maximum absolute atomic E-state index is 11.6. The summed E-state index contributed by atoms with van der Waals surface area (Å²) in [6.07, 6.45) is 1.01. The van der Waals surface area contributed by atoms with E-state index in [9.17, 15) is 4.79 Å². The van der Waals surface area contributed by atoms with Gasteiger partial charge in [0.15, 0.2) is 0 Å². The smallest absolute Gasteiger partial charge is 0.317 e. The monoisotopic (exact) mass is 197 g/mol. The molecule has 0 aromatic carbocycles. The summed E-state index contributed by atoms with van der Waals surface area (Å²) in [7, 11) is 0. The number of likely N-dealkylation sites (tertiary alicyclic amines) is 1. The van der Waals surface area contributed by atoms with Crippen molar-refractivity contribution in [1.82, 2.24) is 15.5 Å². The number of amides is 2. The summed E-state index contributed by atoms with van der Waals surface area (Å²) in [4.78, 5) is 13.6. The van der Waals surface area contributed by atoms with E-state index in [4.69, 9.17) is 0 Å². The standard InChI is InChI=1S/C10H19N3O/c1-2-3-12-10(14)13-6-8-4-11-5-9(8)7-13/h8-9,11H,2-7H2,1H3,(H,12,14). The highest BCUT2D eigenvalue weighted by atomic mass is 16.2. The molecule has 2 N–H and O–H groups in total. The van der Waals surface area contributed by atoms with Gasteiger partial charge in [-0.2, -0.15) is 0 Å². The van der Waals surface area contributed by atoms with Gasteiger partial charge in [0.25, 0.3) is 0 Å². The van der Waals surface area contributed by atoms with Crippen molar-refractivity contribution in [1.29, 1.82) is 0 Å². The molecule has 2 aliphatic heterocycles. The van der Waals surface area contributed by atoms with E-state index in [1.807, 2.05) is 4.90 Å². The molecule has 2 rings (SSSR count). The number of urea groups is 1. The lowest BCUT2D eigenvalue weighted by molar-refractivity contribution is 0.205. The third kappa shape index (κ3) is 1.85. The van der Waals surface area contributed by atoms with E-state index in [1.165, 1.54) is 0 Å². The van der Waals surface area contributed by atoms with Crippen molar-refractivity contribution in [3.8, 4) is 0 Å². The number of carbonyl (C=O) groups excluding carboxylic acids is 1. The molecule has 0 bridgehead atoms. The number of fused-ring (bicyclic) bond motifs is 1.